The van der Waals surface area contributed by atoms with Gasteiger partial charge in [0.1, 0.15) is 5.71 Å². The molecule has 0 saturated heterocycles. The highest BCUT2D eigenvalue weighted by Crippen LogP contribution is 2.10. The summed E-state index contributed by atoms with van der Waals surface area (Å²) in [5.74, 6) is 0. The lowest BCUT2D eigenvalue weighted by molar-refractivity contribution is 0.457. The van der Waals surface area contributed by atoms with Crippen LogP contribution in [0.25, 0.3) is 0 Å². The van der Waals surface area contributed by atoms with Crippen LogP contribution in [-0.4, -0.2) is 57.6 Å². The zero-order valence-corrected chi connectivity index (χ0v) is 19.7. The lowest BCUT2D eigenvalue weighted by atomic mass is 10.1. The quantitative estimate of drug-likeness (QED) is 0.250. The molecule has 0 fully saturated rings. The summed E-state index contributed by atoms with van der Waals surface area (Å²) in [7, 11) is 0. The smallest absolute Gasteiger partial charge is 0.189 e. The number of thiocarbonyl (C=S) groups is 2. The summed E-state index contributed by atoms with van der Waals surface area (Å²) in [6.45, 7) is 13.4. The molecule has 0 heterocycles. The fourth-order valence-corrected chi connectivity index (χ4v) is 3.18. The monoisotopic (exact) mass is 438 g/mol. The molecule has 0 radical (unpaired) electrons. The maximum absolute atomic E-state index is 5.43. The second kappa shape index (κ2) is 12.7. The summed E-state index contributed by atoms with van der Waals surface area (Å²) < 4.78 is 0. The summed E-state index contributed by atoms with van der Waals surface area (Å²) in [4.78, 5) is 4.92. The summed E-state index contributed by atoms with van der Waals surface area (Å²) in [6, 6.07) is 7.73. The SMILES string of the molecule is CCN(CC)C(=S)N/N=C(C)/C(=N/NC(=S)N(CC)CC)c1ccc(S)cc1. The molecule has 0 aliphatic carbocycles. The average Bonchev–Trinajstić information content (AvgIpc) is 2.69. The van der Waals surface area contributed by atoms with Crippen molar-refractivity contribution < 1.29 is 0 Å². The highest BCUT2D eigenvalue weighted by Gasteiger charge is 2.11. The number of thiol groups is 1. The van der Waals surface area contributed by atoms with Gasteiger partial charge in [-0.2, -0.15) is 10.2 Å². The highest BCUT2D eigenvalue weighted by atomic mass is 32.1. The average molecular weight is 439 g/mol. The predicted molar refractivity (Wildman–Crippen MR) is 131 cm³/mol. The van der Waals surface area contributed by atoms with Crippen LogP contribution in [0.3, 0.4) is 0 Å². The molecular formula is C19H30N6S3. The van der Waals surface area contributed by atoms with Crippen molar-refractivity contribution in [3.63, 3.8) is 0 Å². The Labute approximate surface area is 184 Å². The Morgan fingerprint density at radius 1 is 0.857 bits per heavy atom. The van der Waals surface area contributed by atoms with E-state index in [0.717, 1.165) is 36.6 Å². The van der Waals surface area contributed by atoms with E-state index in [4.69, 9.17) is 24.4 Å². The van der Waals surface area contributed by atoms with Crippen LogP contribution in [-0.2, 0) is 0 Å². The fourth-order valence-electron chi connectivity index (χ4n) is 2.43. The summed E-state index contributed by atoms with van der Waals surface area (Å²) in [5, 5.41) is 10.1. The summed E-state index contributed by atoms with van der Waals surface area (Å²) in [5.41, 5.74) is 8.22. The number of nitrogens with zero attached hydrogens (tertiary/aromatic N) is 4. The van der Waals surface area contributed by atoms with E-state index in [0.29, 0.717) is 21.6 Å². The van der Waals surface area contributed by atoms with Crippen molar-refractivity contribution >= 4 is 58.7 Å². The van der Waals surface area contributed by atoms with Gasteiger partial charge in [-0.15, -0.1) is 12.6 Å². The van der Waals surface area contributed by atoms with Gasteiger partial charge in [-0.3, -0.25) is 10.9 Å². The summed E-state index contributed by atoms with van der Waals surface area (Å²) >= 11 is 15.2. The van der Waals surface area contributed by atoms with E-state index in [-0.39, 0.29) is 0 Å². The van der Waals surface area contributed by atoms with Crippen LogP contribution in [0.1, 0.15) is 40.2 Å². The van der Waals surface area contributed by atoms with E-state index in [2.05, 4.69) is 61.4 Å². The minimum Gasteiger partial charge on any atom is -0.348 e. The number of hydrogen-bond donors (Lipinski definition) is 3. The molecule has 154 valence electrons. The summed E-state index contributed by atoms with van der Waals surface area (Å²) in [6.07, 6.45) is 0. The van der Waals surface area contributed by atoms with Gasteiger partial charge in [0.2, 0.25) is 0 Å². The van der Waals surface area contributed by atoms with Gasteiger partial charge in [-0.25, -0.2) is 0 Å². The molecule has 0 aromatic heterocycles. The van der Waals surface area contributed by atoms with Crippen molar-refractivity contribution in [3.8, 4) is 0 Å². The fraction of sp³-hybridized carbons (Fsp3) is 0.474. The number of benzene rings is 1. The van der Waals surface area contributed by atoms with E-state index < -0.39 is 0 Å². The van der Waals surface area contributed by atoms with E-state index in [1.807, 2.05) is 41.0 Å². The minimum absolute atomic E-state index is 0.577. The molecule has 28 heavy (non-hydrogen) atoms. The van der Waals surface area contributed by atoms with Crippen molar-refractivity contribution in [1.29, 1.82) is 0 Å². The van der Waals surface area contributed by atoms with Crippen LogP contribution in [0.5, 0.6) is 0 Å². The minimum atomic E-state index is 0.577. The lowest BCUT2D eigenvalue weighted by Gasteiger charge is -2.21. The second-order valence-electron chi connectivity index (χ2n) is 5.88. The third-order valence-corrected chi connectivity index (χ3v) is 5.16. The van der Waals surface area contributed by atoms with E-state index in [1.165, 1.54) is 0 Å². The van der Waals surface area contributed by atoms with Gasteiger partial charge in [0.05, 0.1) is 5.71 Å². The van der Waals surface area contributed by atoms with Crippen LogP contribution in [0.2, 0.25) is 0 Å². The Bertz CT molecular complexity index is 707. The van der Waals surface area contributed by atoms with E-state index in [9.17, 15) is 0 Å². The van der Waals surface area contributed by atoms with Gasteiger partial charge in [0, 0.05) is 36.6 Å². The molecule has 0 aliphatic heterocycles. The van der Waals surface area contributed by atoms with Crippen molar-refractivity contribution in [2.45, 2.75) is 39.5 Å². The van der Waals surface area contributed by atoms with Gasteiger partial charge in [0.15, 0.2) is 10.2 Å². The molecule has 6 nitrogen and oxygen atoms in total. The molecule has 2 N–H and O–H groups in total. The molecule has 0 spiro atoms. The molecule has 0 bridgehead atoms. The van der Waals surface area contributed by atoms with Gasteiger partial charge in [-0.05, 0) is 71.2 Å². The Morgan fingerprint density at radius 3 is 1.71 bits per heavy atom. The van der Waals surface area contributed by atoms with Crippen LogP contribution in [0.4, 0.5) is 0 Å². The van der Waals surface area contributed by atoms with E-state index >= 15 is 0 Å². The normalized spacial score (nSPS) is 11.8. The third-order valence-electron chi connectivity index (χ3n) is 4.17. The van der Waals surface area contributed by atoms with Crippen molar-refractivity contribution in [2.24, 2.45) is 10.2 Å². The third kappa shape index (κ3) is 7.37. The molecule has 0 saturated carbocycles. The van der Waals surface area contributed by atoms with Crippen molar-refractivity contribution in [1.82, 2.24) is 20.7 Å². The second-order valence-corrected chi connectivity index (χ2v) is 7.17. The number of nitrogens with one attached hydrogen (secondary N) is 2. The Morgan fingerprint density at radius 2 is 1.29 bits per heavy atom. The first kappa shape index (κ1) is 24.3. The topological polar surface area (TPSA) is 55.3 Å². The lowest BCUT2D eigenvalue weighted by Crippen LogP contribution is -2.39. The van der Waals surface area contributed by atoms with Crippen LogP contribution in [0, 0.1) is 0 Å². The molecule has 1 aromatic carbocycles. The van der Waals surface area contributed by atoms with Crippen molar-refractivity contribution in [2.75, 3.05) is 26.2 Å². The molecule has 9 heteroatoms. The molecular weight excluding hydrogens is 408 g/mol. The van der Waals surface area contributed by atoms with Gasteiger partial charge in [0.25, 0.3) is 0 Å². The molecule has 0 aliphatic rings. The molecule has 0 atom stereocenters. The number of rotatable bonds is 8. The van der Waals surface area contributed by atoms with Crippen LogP contribution in [0.15, 0.2) is 39.4 Å². The first-order valence-corrected chi connectivity index (χ1v) is 10.7. The standard InChI is InChI=1S/C19H30N6S3/c1-6-24(7-2)18(27)22-20-14(5)17(15-10-12-16(26)13-11-15)21-23-19(28)25(8-3)9-4/h10-13,26H,6-9H2,1-5H3,(H,22,27)(H,23,28)/b20-14+,21-17-. The molecule has 0 unspecified atom stereocenters. The van der Waals surface area contributed by atoms with Gasteiger partial charge >= 0.3 is 0 Å². The maximum atomic E-state index is 5.43. The zero-order valence-electron chi connectivity index (χ0n) is 17.2. The Balaban J connectivity index is 3.11. The van der Waals surface area contributed by atoms with Crippen LogP contribution >= 0.6 is 37.1 Å². The number of hydrazone groups is 2. The van der Waals surface area contributed by atoms with E-state index in [1.54, 1.807) is 0 Å². The van der Waals surface area contributed by atoms with Gasteiger partial charge in [-0.1, -0.05) is 12.1 Å². The molecule has 0 amide bonds. The van der Waals surface area contributed by atoms with Crippen molar-refractivity contribution in [3.05, 3.63) is 29.8 Å². The van der Waals surface area contributed by atoms with Crippen LogP contribution < -0.4 is 10.9 Å². The Hall–Kier alpha value is -1.71. The first-order chi connectivity index (χ1) is 13.4. The van der Waals surface area contributed by atoms with Gasteiger partial charge < -0.3 is 9.80 Å². The molecule has 1 rings (SSSR count). The maximum Gasteiger partial charge on any atom is 0.189 e. The number of hydrogen-bond acceptors (Lipinski definition) is 5. The highest BCUT2D eigenvalue weighted by molar-refractivity contribution is 7.80. The predicted octanol–water partition coefficient (Wildman–Crippen LogP) is 3.49. The first-order valence-electron chi connectivity index (χ1n) is 9.39. The zero-order chi connectivity index (χ0) is 21.1. The Kier molecular flexibility index (Phi) is 11.0. The largest absolute Gasteiger partial charge is 0.348 e. The molecule has 1 aromatic rings.